The first kappa shape index (κ1) is 14.4. The lowest BCUT2D eigenvalue weighted by Crippen LogP contribution is -2.10. The molecule has 0 amide bonds. The standard InChI is InChI=1S/C13H10BrClO3S/c1-9-6-7-11(15)12(8-9)18-19(16,17)13-5-3-2-4-10(13)14/h2-8H,1H3. The second-order valence-electron chi connectivity index (χ2n) is 3.90. The molecule has 0 unspecified atom stereocenters. The third-order valence-electron chi connectivity index (χ3n) is 2.39. The van der Waals surface area contributed by atoms with Crippen molar-refractivity contribution >= 4 is 37.6 Å². The molecule has 100 valence electrons. The van der Waals surface area contributed by atoms with Crippen LogP contribution in [-0.4, -0.2) is 8.42 Å². The highest BCUT2D eigenvalue weighted by atomic mass is 79.9. The van der Waals surface area contributed by atoms with E-state index in [1.807, 2.05) is 6.92 Å². The number of halogens is 2. The van der Waals surface area contributed by atoms with Crippen molar-refractivity contribution in [2.45, 2.75) is 11.8 Å². The third kappa shape index (κ3) is 3.29. The molecule has 0 saturated carbocycles. The smallest absolute Gasteiger partial charge is 0.340 e. The normalized spacial score (nSPS) is 11.3. The highest BCUT2D eigenvalue weighted by Crippen LogP contribution is 2.30. The number of aryl methyl sites for hydroxylation is 1. The topological polar surface area (TPSA) is 43.4 Å². The van der Waals surface area contributed by atoms with E-state index in [4.69, 9.17) is 15.8 Å². The maximum Gasteiger partial charge on any atom is 0.340 e. The molecule has 6 heteroatoms. The largest absolute Gasteiger partial charge is 0.377 e. The van der Waals surface area contributed by atoms with E-state index in [0.717, 1.165) is 5.56 Å². The fourth-order valence-electron chi connectivity index (χ4n) is 1.49. The van der Waals surface area contributed by atoms with Gasteiger partial charge in [-0.3, -0.25) is 0 Å². The SMILES string of the molecule is Cc1ccc(Cl)c(OS(=O)(=O)c2ccccc2Br)c1. The summed E-state index contributed by atoms with van der Waals surface area (Å²) in [6.45, 7) is 1.83. The molecule has 2 aromatic carbocycles. The highest BCUT2D eigenvalue weighted by molar-refractivity contribution is 9.10. The van der Waals surface area contributed by atoms with Gasteiger partial charge in [0.1, 0.15) is 4.90 Å². The molecular weight excluding hydrogens is 352 g/mol. The lowest BCUT2D eigenvalue weighted by atomic mass is 10.2. The van der Waals surface area contributed by atoms with E-state index in [2.05, 4.69) is 15.9 Å². The summed E-state index contributed by atoms with van der Waals surface area (Å²) < 4.78 is 29.9. The summed E-state index contributed by atoms with van der Waals surface area (Å²) in [6.07, 6.45) is 0. The van der Waals surface area contributed by atoms with Crippen molar-refractivity contribution in [1.82, 2.24) is 0 Å². The van der Waals surface area contributed by atoms with Crippen LogP contribution in [0.15, 0.2) is 51.8 Å². The zero-order valence-electron chi connectivity index (χ0n) is 9.93. The molecule has 0 aliphatic heterocycles. The summed E-state index contributed by atoms with van der Waals surface area (Å²) >= 11 is 9.11. The lowest BCUT2D eigenvalue weighted by molar-refractivity contribution is 0.485. The summed E-state index contributed by atoms with van der Waals surface area (Å²) in [5.41, 5.74) is 0.863. The maximum atomic E-state index is 12.2. The molecule has 0 fully saturated rings. The Labute approximate surface area is 125 Å². The quantitative estimate of drug-likeness (QED) is 0.770. The fourth-order valence-corrected chi connectivity index (χ4v) is 3.58. The van der Waals surface area contributed by atoms with Crippen molar-refractivity contribution in [3.63, 3.8) is 0 Å². The first-order valence-electron chi connectivity index (χ1n) is 5.35. The van der Waals surface area contributed by atoms with E-state index in [1.165, 1.54) is 6.07 Å². The van der Waals surface area contributed by atoms with Gasteiger partial charge in [0.25, 0.3) is 0 Å². The van der Waals surface area contributed by atoms with Gasteiger partial charge in [0.05, 0.1) is 5.02 Å². The third-order valence-corrected chi connectivity index (χ3v) is 4.95. The van der Waals surface area contributed by atoms with E-state index >= 15 is 0 Å². The van der Waals surface area contributed by atoms with Crippen LogP contribution in [0, 0.1) is 6.92 Å². The molecule has 0 aromatic heterocycles. The molecule has 0 saturated heterocycles. The van der Waals surface area contributed by atoms with Crippen LogP contribution in [0.25, 0.3) is 0 Å². The van der Waals surface area contributed by atoms with Gasteiger partial charge in [-0.05, 0) is 52.7 Å². The molecule has 2 aromatic rings. The molecule has 0 aliphatic rings. The minimum atomic E-state index is -3.91. The Balaban J connectivity index is 2.43. The monoisotopic (exact) mass is 360 g/mol. The van der Waals surface area contributed by atoms with E-state index in [9.17, 15) is 8.42 Å². The van der Waals surface area contributed by atoms with Crippen LogP contribution in [0.4, 0.5) is 0 Å². The summed E-state index contributed by atoms with van der Waals surface area (Å²) in [6, 6.07) is 11.4. The Morgan fingerprint density at radius 2 is 1.84 bits per heavy atom. The van der Waals surface area contributed by atoms with Crippen molar-refractivity contribution in [1.29, 1.82) is 0 Å². The molecule has 3 nitrogen and oxygen atoms in total. The highest BCUT2D eigenvalue weighted by Gasteiger charge is 2.20. The van der Waals surface area contributed by atoms with Crippen LogP contribution in [0.3, 0.4) is 0 Å². The van der Waals surface area contributed by atoms with Gasteiger partial charge in [0, 0.05) is 4.47 Å². The van der Waals surface area contributed by atoms with E-state index in [1.54, 1.807) is 36.4 Å². The number of rotatable bonds is 3. The van der Waals surface area contributed by atoms with Crippen LogP contribution in [0.2, 0.25) is 5.02 Å². The van der Waals surface area contributed by atoms with Crippen molar-refractivity contribution in [2.24, 2.45) is 0 Å². The van der Waals surface area contributed by atoms with Crippen molar-refractivity contribution in [3.8, 4) is 5.75 Å². The van der Waals surface area contributed by atoms with Crippen molar-refractivity contribution < 1.29 is 12.6 Å². The zero-order chi connectivity index (χ0) is 14.0. The Morgan fingerprint density at radius 3 is 2.53 bits per heavy atom. The Bertz CT molecular complexity index is 714. The first-order chi connectivity index (χ1) is 8.90. The van der Waals surface area contributed by atoms with Crippen LogP contribution in [0.1, 0.15) is 5.56 Å². The van der Waals surface area contributed by atoms with Gasteiger partial charge in [0.2, 0.25) is 0 Å². The van der Waals surface area contributed by atoms with Crippen molar-refractivity contribution in [2.75, 3.05) is 0 Å². The van der Waals surface area contributed by atoms with Gasteiger partial charge in [-0.1, -0.05) is 29.8 Å². The summed E-state index contributed by atoms with van der Waals surface area (Å²) in [5, 5.41) is 0.251. The molecule has 0 aliphatic carbocycles. The second-order valence-corrected chi connectivity index (χ2v) is 6.68. The predicted octanol–water partition coefficient (Wildman–Crippen LogP) is 4.18. The second kappa shape index (κ2) is 5.53. The Morgan fingerprint density at radius 1 is 1.16 bits per heavy atom. The van der Waals surface area contributed by atoms with Crippen LogP contribution in [0.5, 0.6) is 5.75 Å². The molecule has 0 bridgehead atoms. The first-order valence-corrected chi connectivity index (χ1v) is 7.93. The Kier molecular flexibility index (Phi) is 4.18. The van der Waals surface area contributed by atoms with Gasteiger partial charge in [-0.2, -0.15) is 8.42 Å². The zero-order valence-corrected chi connectivity index (χ0v) is 13.1. The molecule has 0 atom stereocenters. The molecule has 0 heterocycles. The number of hydrogen-bond donors (Lipinski definition) is 0. The van der Waals surface area contributed by atoms with Gasteiger partial charge in [0.15, 0.2) is 5.75 Å². The van der Waals surface area contributed by atoms with Gasteiger partial charge < -0.3 is 4.18 Å². The van der Waals surface area contributed by atoms with Crippen molar-refractivity contribution in [3.05, 3.63) is 57.5 Å². The number of hydrogen-bond acceptors (Lipinski definition) is 3. The van der Waals surface area contributed by atoms with E-state index < -0.39 is 10.1 Å². The average Bonchev–Trinajstić information content (AvgIpc) is 2.34. The van der Waals surface area contributed by atoms with Crippen LogP contribution in [-0.2, 0) is 10.1 Å². The van der Waals surface area contributed by atoms with Crippen LogP contribution < -0.4 is 4.18 Å². The van der Waals surface area contributed by atoms with Gasteiger partial charge in [-0.25, -0.2) is 0 Å². The summed E-state index contributed by atoms with van der Waals surface area (Å²) in [5.74, 6) is 0.123. The molecule has 0 radical (unpaired) electrons. The van der Waals surface area contributed by atoms with E-state index in [0.29, 0.717) is 4.47 Å². The predicted molar refractivity (Wildman–Crippen MR) is 78.1 cm³/mol. The van der Waals surface area contributed by atoms with Crippen LogP contribution >= 0.6 is 27.5 Å². The molecular formula is C13H10BrClO3S. The molecule has 19 heavy (non-hydrogen) atoms. The van der Waals surface area contributed by atoms with Gasteiger partial charge >= 0.3 is 10.1 Å². The molecule has 0 N–H and O–H groups in total. The maximum absolute atomic E-state index is 12.2. The fraction of sp³-hybridized carbons (Fsp3) is 0.0769. The summed E-state index contributed by atoms with van der Waals surface area (Å²) in [7, 11) is -3.91. The molecule has 0 spiro atoms. The Hall–Kier alpha value is -1.04. The summed E-state index contributed by atoms with van der Waals surface area (Å²) in [4.78, 5) is 0.0626. The van der Waals surface area contributed by atoms with E-state index in [-0.39, 0.29) is 15.7 Å². The number of benzene rings is 2. The van der Waals surface area contributed by atoms with Gasteiger partial charge in [-0.15, -0.1) is 0 Å². The average molecular weight is 362 g/mol. The lowest BCUT2D eigenvalue weighted by Gasteiger charge is -2.10. The minimum Gasteiger partial charge on any atom is -0.377 e. The minimum absolute atomic E-state index is 0.0626. The molecule has 2 rings (SSSR count).